The van der Waals surface area contributed by atoms with E-state index in [9.17, 15) is 4.39 Å². The summed E-state index contributed by atoms with van der Waals surface area (Å²) < 4.78 is 24.3. The van der Waals surface area contributed by atoms with Crippen LogP contribution in [0.25, 0.3) is 20.7 Å². The van der Waals surface area contributed by atoms with Crippen molar-refractivity contribution in [2.45, 2.75) is 53.6 Å². The predicted octanol–water partition coefficient (Wildman–Crippen LogP) is 8.28. The van der Waals surface area contributed by atoms with Gasteiger partial charge >= 0.3 is 0 Å². The maximum absolute atomic E-state index is 13.4. The van der Waals surface area contributed by atoms with Crippen molar-refractivity contribution in [2.24, 2.45) is 0 Å². The molecule has 5 aromatic rings. The van der Waals surface area contributed by atoms with E-state index in [0.717, 1.165) is 90.8 Å². The van der Waals surface area contributed by atoms with Crippen molar-refractivity contribution in [3.63, 3.8) is 0 Å². The van der Waals surface area contributed by atoms with Crippen LogP contribution in [-0.4, -0.2) is 71.5 Å². The van der Waals surface area contributed by atoms with Crippen LogP contribution in [0.15, 0.2) is 55.0 Å². The van der Waals surface area contributed by atoms with Gasteiger partial charge in [0.15, 0.2) is 0 Å². The average molecular weight is 696 g/mol. The highest BCUT2D eigenvalue weighted by Crippen LogP contribution is 2.45. The Morgan fingerprint density at radius 2 is 1.90 bits per heavy atom. The predicted molar refractivity (Wildman–Crippen MR) is 196 cm³/mol. The first-order valence-electron chi connectivity index (χ1n) is 16.7. The monoisotopic (exact) mass is 695 g/mol. The van der Waals surface area contributed by atoms with Gasteiger partial charge in [0.1, 0.15) is 35.1 Å². The van der Waals surface area contributed by atoms with Crippen molar-refractivity contribution in [1.29, 1.82) is 0 Å². The molecule has 4 heterocycles. The van der Waals surface area contributed by atoms with E-state index < -0.39 is 0 Å². The summed E-state index contributed by atoms with van der Waals surface area (Å²) in [5.74, 6) is 0.978. The molecule has 1 fully saturated rings. The molecule has 2 aliphatic rings. The first-order valence-corrected chi connectivity index (χ1v) is 17.9. The molecule has 9 nitrogen and oxygen atoms in total. The fraction of sp³-hybridized carbons (Fsp3) is 0.417. The summed E-state index contributed by atoms with van der Waals surface area (Å²) in [7, 11) is 2.11. The number of hydrogen-bond acceptors (Lipinski definition) is 9. The number of benzene rings is 2. The van der Waals surface area contributed by atoms with Gasteiger partial charge in [-0.25, -0.2) is 14.4 Å². The van der Waals surface area contributed by atoms with Crippen LogP contribution in [0.4, 0.5) is 15.9 Å². The Hall–Kier alpha value is -3.61. The van der Waals surface area contributed by atoms with Crippen LogP contribution in [0.2, 0.25) is 5.02 Å². The third-order valence-corrected chi connectivity index (χ3v) is 9.03. The van der Waals surface area contributed by atoms with Gasteiger partial charge in [-0.05, 0) is 80.9 Å². The summed E-state index contributed by atoms with van der Waals surface area (Å²) >= 11 is 8.13. The van der Waals surface area contributed by atoms with Gasteiger partial charge in [0.05, 0.1) is 29.8 Å². The number of aryl methyl sites for hydroxylation is 2. The number of aromatic amines is 1. The lowest BCUT2D eigenvalue weighted by Gasteiger charge is -2.21. The van der Waals surface area contributed by atoms with Gasteiger partial charge in [0, 0.05) is 34.9 Å². The van der Waals surface area contributed by atoms with E-state index in [2.05, 4.69) is 56.6 Å². The second kappa shape index (κ2) is 19.4. The largest absolute Gasteiger partial charge is 0.487 e. The Morgan fingerprint density at radius 1 is 1.08 bits per heavy atom. The zero-order chi connectivity index (χ0) is 34.3. The van der Waals surface area contributed by atoms with Crippen LogP contribution in [0.1, 0.15) is 50.9 Å². The highest BCUT2D eigenvalue weighted by molar-refractivity contribution is 7.22. The summed E-state index contributed by atoms with van der Waals surface area (Å²) in [6.45, 7) is 14.8. The summed E-state index contributed by atoms with van der Waals surface area (Å²) in [4.78, 5) is 13.4. The average Bonchev–Trinajstić information content (AvgIpc) is 3.74. The first kappa shape index (κ1) is 37.2. The standard InChI is InChI=1S/C24H17ClFN5OS.C5H11NO.C5H13N.C2H6/c25-18-9-15(4-7-20(18)32-11-13-2-1-3-14(26)8-13)30-23-21-16-5-6-19-17(10-29-31-19)22(16)33-24(21)28-12-27-23;1-6-2-4-7-5-3-6;1-3-5-6-4-2;1-2/h1-4,7-10,12H,5-6,11H2,(H,29,31)(H,27,28,30);2-5H2,1H3;6H,3-5H2,1-2H3;1-2H3. The summed E-state index contributed by atoms with van der Waals surface area (Å²) in [6.07, 6.45) is 6.51. The highest BCUT2D eigenvalue weighted by atomic mass is 35.5. The van der Waals surface area contributed by atoms with Gasteiger partial charge in [-0.1, -0.05) is 51.4 Å². The topological polar surface area (TPSA) is 100 Å². The molecule has 3 N–H and O–H groups in total. The number of H-pyrrole nitrogens is 1. The van der Waals surface area contributed by atoms with Crippen molar-refractivity contribution in [3.8, 4) is 16.2 Å². The SMILES string of the molecule is CC.CCCNCC.CN1CCOCC1.Fc1cccc(COc2ccc(Nc3ncnc4sc5c(c34)CCc3[nH]ncc3-5)cc2Cl)c1. The molecular weight excluding hydrogens is 649 g/mol. The van der Waals surface area contributed by atoms with E-state index in [4.69, 9.17) is 21.1 Å². The molecule has 0 amide bonds. The summed E-state index contributed by atoms with van der Waals surface area (Å²) in [5.41, 5.74) is 5.08. The second-order valence-electron chi connectivity index (χ2n) is 11.0. The summed E-state index contributed by atoms with van der Waals surface area (Å²) in [6, 6.07) is 11.8. The van der Waals surface area contributed by atoms with E-state index >= 15 is 0 Å². The number of halogens is 2. The molecule has 0 spiro atoms. The Morgan fingerprint density at radius 3 is 2.56 bits per heavy atom. The maximum atomic E-state index is 13.4. The number of ether oxygens (including phenoxy) is 2. The van der Waals surface area contributed by atoms with Crippen molar-refractivity contribution >= 4 is 44.7 Å². The third kappa shape index (κ3) is 10.2. The van der Waals surface area contributed by atoms with Gasteiger partial charge in [-0.2, -0.15) is 5.10 Å². The normalized spacial score (nSPS) is 13.5. The quantitative estimate of drug-likeness (QED) is 0.140. The van der Waals surface area contributed by atoms with Crippen LogP contribution in [0.5, 0.6) is 5.75 Å². The highest BCUT2D eigenvalue weighted by Gasteiger charge is 2.25. The smallest absolute Gasteiger partial charge is 0.142 e. The number of nitrogens with one attached hydrogen (secondary N) is 3. The zero-order valence-electron chi connectivity index (χ0n) is 28.5. The van der Waals surface area contributed by atoms with Gasteiger partial charge < -0.3 is 25.0 Å². The summed E-state index contributed by atoms with van der Waals surface area (Å²) in [5, 5.41) is 15.4. The van der Waals surface area contributed by atoms with Crippen molar-refractivity contribution in [1.82, 2.24) is 30.4 Å². The fourth-order valence-electron chi connectivity index (χ4n) is 5.12. The number of anilines is 2. The number of morpholine rings is 1. The minimum absolute atomic E-state index is 0.230. The molecule has 1 aliphatic heterocycles. The Labute approximate surface area is 292 Å². The second-order valence-corrected chi connectivity index (χ2v) is 12.4. The van der Waals surface area contributed by atoms with E-state index in [0.29, 0.717) is 10.8 Å². The van der Waals surface area contributed by atoms with Crippen molar-refractivity contribution < 1.29 is 13.9 Å². The molecule has 258 valence electrons. The van der Waals surface area contributed by atoms with Crippen LogP contribution in [0.3, 0.4) is 0 Å². The Kier molecular flexibility index (Phi) is 15.0. The molecule has 1 saturated heterocycles. The van der Waals surface area contributed by atoms with Crippen LogP contribution >= 0.6 is 22.9 Å². The number of likely N-dealkylation sites (N-methyl/N-ethyl adjacent to an activating group) is 1. The molecule has 0 bridgehead atoms. The minimum Gasteiger partial charge on any atom is -0.487 e. The number of rotatable bonds is 8. The molecule has 1 aliphatic carbocycles. The molecule has 0 atom stereocenters. The molecular formula is C36H47ClFN7O2S. The number of thiophene rings is 1. The molecule has 7 rings (SSSR count). The maximum Gasteiger partial charge on any atom is 0.142 e. The zero-order valence-corrected chi connectivity index (χ0v) is 30.1. The van der Waals surface area contributed by atoms with Crippen LogP contribution in [0, 0.1) is 5.82 Å². The van der Waals surface area contributed by atoms with Gasteiger partial charge in [0.25, 0.3) is 0 Å². The lowest BCUT2D eigenvalue weighted by Crippen LogP contribution is -2.32. The third-order valence-electron chi connectivity index (χ3n) is 7.56. The van der Waals surface area contributed by atoms with Crippen LogP contribution < -0.4 is 15.4 Å². The number of nitrogens with zero attached hydrogens (tertiary/aromatic N) is 4. The fourth-order valence-corrected chi connectivity index (χ4v) is 6.58. The molecule has 12 heteroatoms. The number of hydrogen-bond donors (Lipinski definition) is 3. The molecule has 0 unspecified atom stereocenters. The Bertz CT molecular complexity index is 1700. The molecule has 3 aromatic heterocycles. The van der Waals surface area contributed by atoms with Gasteiger partial charge in [0.2, 0.25) is 0 Å². The van der Waals surface area contributed by atoms with E-state index in [1.54, 1.807) is 41.9 Å². The molecule has 0 radical (unpaired) electrons. The van der Waals surface area contributed by atoms with E-state index in [-0.39, 0.29) is 12.4 Å². The number of aromatic nitrogens is 4. The van der Waals surface area contributed by atoms with E-state index in [1.807, 2.05) is 26.1 Å². The van der Waals surface area contributed by atoms with Gasteiger partial charge in [-0.15, -0.1) is 11.3 Å². The van der Waals surface area contributed by atoms with Crippen molar-refractivity contribution in [2.75, 3.05) is 51.8 Å². The van der Waals surface area contributed by atoms with E-state index in [1.165, 1.54) is 29.0 Å². The van der Waals surface area contributed by atoms with Crippen LogP contribution in [-0.2, 0) is 24.2 Å². The molecule has 48 heavy (non-hydrogen) atoms. The van der Waals surface area contributed by atoms with Gasteiger partial charge in [-0.3, -0.25) is 5.10 Å². The lowest BCUT2D eigenvalue weighted by atomic mass is 9.95. The van der Waals surface area contributed by atoms with Crippen molar-refractivity contribution in [3.05, 3.63) is 82.6 Å². The Balaban J connectivity index is 0.000000290. The lowest BCUT2D eigenvalue weighted by molar-refractivity contribution is 0.0503. The molecule has 0 saturated carbocycles. The minimum atomic E-state index is -0.294. The molecule has 2 aromatic carbocycles. The first-order chi connectivity index (χ1) is 23.5. The number of fused-ring (bicyclic) bond motifs is 5.